The first-order valence-corrected chi connectivity index (χ1v) is 1.68. The Kier molecular flexibility index (Phi) is 0.411. The number of nitrogens with zero attached hydrogens (tertiary/aromatic N) is 1. The highest BCUT2D eigenvalue weighted by Gasteiger charge is 1.93. The van der Waals surface area contributed by atoms with Gasteiger partial charge in [-0.05, 0) is 6.08 Å². The fourth-order valence-electron chi connectivity index (χ4n) is 0.274. The van der Waals surface area contributed by atoms with Gasteiger partial charge in [-0.1, -0.05) is 0 Å². The minimum Gasteiger partial charge on any atom is -0.369 e. The van der Waals surface area contributed by atoms with Gasteiger partial charge in [0.15, 0.2) is 0 Å². The topological polar surface area (TPSA) is 3.24 Å². The molecule has 0 aromatic rings. The van der Waals surface area contributed by atoms with Crippen LogP contribution in [0.2, 0.25) is 0 Å². The summed E-state index contributed by atoms with van der Waals surface area (Å²) in [6.07, 6.45) is 4.92. The Bertz CT molecular complexity index is 56.7. The predicted octanol–water partition coefficient (Wildman–Crippen LogP) is 0.249. The quantitative estimate of drug-likeness (QED) is 0.393. The third kappa shape index (κ3) is 0.274. The smallest absolute Gasteiger partial charge is 0.0578 e. The van der Waals surface area contributed by atoms with Gasteiger partial charge in [0.05, 0.1) is 6.20 Å². The summed E-state index contributed by atoms with van der Waals surface area (Å²) >= 11 is 0. The van der Waals surface area contributed by atoms with Crippen LogP contribution in [0, 0.1) is 6.20 Å². The minimum absolute atomic E-state index is 1.08. The molecule has 1 heterocycles. The molecule has 1 rings (SSSR count). The van der Waals surface area contributed by atoms with Gasteiger partial charge in [0.2, 0.25) is 0 Å². The second-order valence-corrected chi connectivity index (χ2v) is 1.21. The second-order valence-electron chi connectivity index (χ2n) is 1.21. The first-order valence-electron chi connectivity index (χ1n) is 1.68. The van der Waals surface area contributed by atoms with Gasteiger partial charge >= 0.3 is 0 Å². The summed E-state index contributed by atoms with van der Waals surface area (Å²) in [6.45, 7) is 1.08. The highest BCUT2D eigenvalue weighted by molar-refractivity contribution is 4.86. The molecule has 0 spiro atoms. The summed E-state index contributed by atoms with van der Waals surface area (Å²) in [4.78, 5) is 2.00. The Morgan fingerprint density at radius 3 is 2.40 bits per heavy atom. The molecule has 1 nitrogen and oxygen atoms in total. The predicted molar refractivity (Wildman–Crippen MR) is 20.4 cm³/mol. The van der Waals surface area contributed by atoms with Crippen LogP contribution < -0.4 is 0 Å². The average molecular weight is 68.1 g/mol. The molecule has 0 atom stereocenters. The normalized spacial score (nSPS) is 19.0. The summed E-state index contributed by atoms with van der Waals surface area (Å²) in [7, 11) is 2.00. The fourth-order valence-corrected chi connectivity index (χ4v) is 0.274. The van der Waals surface area contributed by atoms with Crippen LogP contribution in [0.25, 0.3) is 0 Å². The van der Waals surface area contributed by atoms with Gasteiger partial charge in [0, 0.05) is 13.6 Å². The molecule has 0 N–H and O–H groups in total. The van der Waals surface area contributed by atoms with Crippen LogP contribution in [0.4, 0.5) is 0 Å². The van der Waals surface area contributed by atoms with Crippen LogP contribution in [0.15, 0.2) is 6.08 Å². The average Bonchev–Trinajstić information content (AvgIpc) is 1.30. The van der Waals surface area contributed by atoms with Crippen molar-refractivity contribution in [3.8, 4) is 0 Å². The molecule has 5 heavy (non-hydrogen) atoms. The number of hydrogen-bond acceptors (Lipinski definition) is 1. The van der Waals surface area contributed by atoms with Crippen LogP contribution in [-0.2, 0) is 0 Å². The molecule has 0 bridgehead atoms. The lowest BCUT2D eigenvalue weighted by atomic mass is 10.4. The first kappa shape index (κ1) is 2.76. The molecular weight excluding hydrogens is 62.1 g/mol. The van der Waals surface area contributed by atoms with E-state index in [4.69, 9.17) is 0 Å². The third-order valence-electron chi connectivity index (χ3n) is 0.677. The molecule has 1 radical (unpaired) electrons. The van der Waals surface area contributed by atoms with Crippen LogP contribution in [-0.4, -0.2) is 18.5 Å². The minimum atomic E-state index is 1.08. The summed E-state index contributed by atoms with van der Waals surface area (Å²) in [5.41, 5.74) is 0. The van der Waals surface area contributed by atoms with E-state index in [1.165, 1.54) is 0 Å². The van der Waals surface area contributed by atoms with Gasteiger partial charge < -0.3 is 4.90 Å². The monoisotopic (exact) mass is 68.1 g/mol. The van der Waals surface area contributed by atoms with Gasteiger partial charge in [0.25, 0.3) is 0 Å². The zero-order valence-corrected chi connectivity index (χ0v) is 3.23. The van der Waals surface area contributed by atoms with Crippen LogP contribution in [0.3, 0.4) is 0 Å². The van der Waals surface area contributed by atoms with Crippen LogP contribution in [0.5, 0.6) is 0 Å². The lowest BCUT2D eigenvalue weighted by Gasteiger charge is -2.16. The highest BCUT2D eigenvalue weighted by atomic mass is 15.1. The summed E-state index contributed by atoms with van der Waals surface area (Å²) in [5, 5.41) is 0. The standard InChI is InChI=1S/C4H6N/c1-5-3-2-4-5/h2H,3H2,1H3. The lowest BCUT2D eigenvalue weighted by molar-refractivity contribution is 0.434. The molecule has 0 aromatic carbocycles. The van der Waals surface area contributed by atoms with E-state index >= 15 is 0 Å². The molecule has 0 aromatic heterocycles. The molecule has 0 aliphatic carbocycles. The largest absolute Gasteiger partial charge is 0.369 e. The van der Waals surface area contributed by atoms with Crippen molar-refractivity contribution in [1.82, 2.24) is 4.90 Å². The zero-order valence-electron chi connectivity index (χ0n) is 3.23. The zero-order chi connectivity index (χ0) is 3.70. The Labute approximate surface area is 31.9 Å². The molecule has 0 amide bonds. The van der Waals surface area contributed by atoms with E-state index in [9.17, 15) is 0 Å². The maximum Gasteiger partial charge on any atom is 0.0578 e. The maximum atomic E-state index is 2.92. The van der Waals surface area contributed by atoms with Crippen molar-refractivity contribution in [2.75, 3.05) is 13.6 Å². The first-order chi connectivity index (χ1) is 2.39. The summed E-state index contributed by atoms with van der Waals surface area (Å²) in [6, 6.07) is 0. The molecule has 0 unspecified atom stereocenters. The fraction of sp³-hybridized carbons (Fsp3) is 0.500. The van der Waals surface area contributed by atoms with Crippen molar-refractivity contribution >= 4 is 0 Å². The number of likely N-dealkylation sites (N-methyl/N-ethyl adjacent to an activating group) is 1. The van der Waals surface area contributed by atoms with E-state index in [0.29, 0.717) is 0 Å². The second kappa shape index (κ2) is 0.744. The van der Waals surface area contributed by atoms with Crippen molar-refractivity contribution in [3.05, 3.63) is 12.3 Å². The lowest BCUT2D eigenvalue weighted by Crippen LogP contribution is -2.18. The summed E-state index contributed by atoms with van der Waals surface area (Å²) in [5.74, 6) is 0. The van der Waals surface area contributed by atoms with E-state index in [0.717, 1.165) is 6.54 Å². The van der Waals surface area contributed by atoms with Crippen molar-refractivity contribution in [3.63, 3.8) is 0 Å². The van der Waals surface area contributed by atoms with E-state index in [2.05, 4.69) is 6.20 Å². The summed E-state index contributed by atoms with van der Waals surface area (Å²) < 4.78 is 0. The molecule has 1 aliphatic heterocycles. The Morgan fingerprint density at radius 1 is 2.00 bits per heavy atom. The van der Waals surface area contributed by atoms with Gasteiger partial charge in [0.1, 0.15) is 0 Å². The molecule has 27 valence electrons. The number of hydrogen-bond donors (Lipinski definition) is 0. The maximum absolute atomic E-state index is 2.92. The van der Waals surface area contributed by atoms with Crippen LogP contribution >= 0.6 is 0 Å². The molecule has 0 fully saturated rings. The highest BCUT2D eigenvalue weighted by Crippen LogP contribution is 1.91. The van der Waals surface area contributed by atoms with Gasteiger partial charge in [-0.2, -0.15) is 0 Å². The van der Waals surface area contributed by atoms with Gasteiger partial charge in [-0.25, -0.2) is 0 Å². The van der Waals surface area contributed by atoms with E-state index in [1.54, 1.807) is 0 Å². The molecule has 1 aliphatic rings. The molecular formula is C4H6N. The third-order valence-corrected chi connectivity index (χ3v) is 0.677. The SMILES string of the molecule is CN1[C]=CC1. The Morgan fingerprint density at radius 2 is 2.40 bits per heavy atom. The van der Waals surface area contributed by atoms with Crippen LogP contribution in [0.1, 0.15) is 0 Å². The van der Waals surface area contributed by atoms with Crippen molar-refractivity contribution in [2.24, 2.45) is 0 Å². The van der Waals surface area contributed by atoms with E-state index in [1.807, 2.05) is 18.0 Å². The Hall–Kier alpha value is -0.460. The van der Waals surface area contributed by atoms with Gasteiger partial charge in [-0.3, -0.25) is 0 Å². The van der Waals surface area contributed by atoms with Crippen molar-refractivity contribution in [1.29, 1.82) is 0 Å². The van der Waals surface area contributed by atoms with Crippen molar-refractivity contribution < 1.29 is 0 Å². The van der Waals surface area contributed by atoms with Gasteiger partial charge in [-0.15, -0.1) is 0 Å². The molecule has 0 saturated carbocycles. The van der Waals surface area contributed by atoms with E-state index < -0.39 is 0 Å². The molecule has 1 heteroatoms. The van der Waals surface area contributed by atoms with Crippen molar-refractivity contribution in [2.45, 2.75) is 0 Å². The Balaban J connectivity index is 2.39. The molecule has 0 saturated heterocycles. The number of rotatable bonds is 0. The van der Waals surface area contributed by atoms with E-state index in [-0.39, 0.29) is 0 Å².